The highest BCUT2D eigenvalue weighted by molar-refractivity contribution is 5.81. The average molecular weight is 421 g/mol. The van der Waals surface area contributed by atoms with Gasteiger partial charge in [0.2, 0.25) is 5.91 Å². The molecule has 1 aliphatic heterocycles. The topological polar surface area (TPSA) is 94.5 Å². The predicted molar refractivity (Wildman–Crippen MR) is 122 cm³/mol. The first kappa shape index (κ1) is 23.6. The van der Waals surface area contributed by atoms with Crippen molar-refractivity contribution in [2.45, 2.75) is 6.92 Å². The molecule has 1 heterocycles. The van der Waals surface area contributed by atoms with Crippen molar-refractivity contribution in [3.05, 3.63) is 60.2 Å². The van der Waals surface area contributed by atoms with Gasteiger partial charge in [0, 0.05) is 27.2 Å². The number of hydrogen-bond acceptors (Lipinski definition) is 6. The number of nitriles is 1. The van der Waals surface area contributed by atoms with Crippen molar-refractivity contribution in [2.75, 3.05) is 38.6 Å². The van der Waals surface area contributed by atoms with E-state index in [9.17, 15) is 9.59 Å². The summed E-state index contributed by atoms with van der Waals surface area (Å²) in [4.78, 5) is 23.6. The van der Waals surface area contributed by atoms with Gasteiger partial charge in [-0.25, -0.2) is 0 Å². The molecule has 0 bridgehead atoms. The molecule has 0 saturated heterocycles. The quantitative estimate of drug-likeness (QED) is 0.424. The van der Waals surface area contributed by atoms with Gasteiger partial charge in [-0.05, 0) is 30.2 Å². The van der Waals surface area contributed by atoms with Crippen molar-refractivity contribution in [3.8, 4) is 22.9 Å². The molecule has 0 aliphatic carbocycles. The molecule has 0 radical (unpaired) electrons. The van der Waals surface area contributed by atoms with Crippen LogP contribution in [-0.4, -0.2) is 46.1 Å². The number of aryl methyl sites for hydroxylation is 1. The summed E-state index contributed by atoms with van der Waals surface area (Å²) in [5.41, 5.74) is 4.36. The smallest absolute Gasteiger partial charge is 0.298 e. The van der Waals surface area contributed by atoms with Crippen molar-refractivity contribution in [1.82, 2.24) is 10.6 Å². The average Bonchev–Trinajstić information content (AvgIpc) is 2.79. The number of rotatable bonds is 6. The number of nitrogens with zero attached hydrogens (tertiary/aromatic N) is 2. The van der Waals surface area contributed by atoms with E-state index in [0.717, 1.165) is 23.4 Å². The van der Waals surface area contributed by atoms with Crippen molar-refractivity contribution in [2.24, 2.45) is 5.92 Å². The standard InChI is InChI=1S/C16H17NO2.C8H11N3O/c1-12-4-6-13(7-5-12)14-8-9-16(19-11-18)15(10-14)17(2)3;9-3-5-11-8(12)7-2-1-4-10-6-7/h4-11H,1-3H3;1-2,7,10H,4-6H2,(H,11,12). The molecule has 7 heteroatoms. The second-order valence-electron chi connectivity index (χ2n) is 7.23. The fourth-order valence-corrected chi connectivity index (χ4v) is 3.00. The van der Waals surface area contributed by atoms with E-state index in [0.29, 0.717) is 18.8 Å². The summed E-state index contributed by atoms with van der Waals surface area (Å²) in [6, 6.07) is 16.0. The summed E-state index contributed by atoms with van der Waals surface area (Å²) < 4.78 is 4.99. The van der Waals surface area contributed by atoms with Crippen LogP contribution in [0.1, 0.15) is 5.56 Å². The van der Waals surface area contributed by atoms with Gasteiger partial charge >= 0.3 is 0 Å². The Kier molecular flexibility index (Phi) is 9.27. The highest BCUT2D eigenvalue weighted by Gasteiger charge is 2.15. The van der Waals surface area contributed by atoms with Gasteiger partial charge in [0.1, 0.15) is 6.54 Å². The minimum atomic E-state index is -0.118. The number of amides is 1. The molecular formula is C24H28N4O3. The SMILES string of the molecule is Cc1ccc(-c2ccc(OC=O)c(N(C)C)c2)cc1.N#CCNC(=O)C1C=CCNC1. The fraction of sp³-hybridized carbons (Fsp3) is 0.292. The Labute approximate surface area is 183 Å². The van der Waals surface area contributed by atoms with Crippen molar-refractivity contribution < 1.29 is 14.3 Å². The van der Waals surface area contributed by atoms with Gasteiger partial charge in [-0.1, -0.05) is 48.0 Å². The molecule has 0 fully saturated rings. The monoisotopic (exact) mass is 420 g/mol. The van der Waals surface area contributed by atoms with Crippen molar-refractivity contribution in [3.63, 3.8) is 0 Å². The number of ether oxygens (including phenoxy) is 1. The zero-order valence-corrected chi connectivity index (χ0v) is 18.1. The molecule has 1 unspecified atom stereocenters. The van der Waals surface area contributed by atoms with E-state index < -0.39 is 0 Å². The third kappa shape index (κ3) is 7.28. The number of carbonyl (C=O) groups is 2. The Morgan fingerprint density at radius 3 is 2.55 bits per heavy atom. The summed E-state index contributed by atoms with van der Waals surface area (Å²) in [7, 11) is 3.85. The summed E-state index contributed by atoms with van der Waals surface area (Å²) >= 11 is 0. The molecule has 0 saturated carbocycles. The van der Waals surface area contributed by atoms with Crippen LogP contribution in [0.25, 0.3) is 11.1 Å². The van der Waals surface area contributed by atoms with Crippen LogP contribution >= 0.6 is 0 Å². The van der Waals surface area contributed by atoms with E-state index >= 15 is 0 Å². The normalized spacial score (nSPS) is 14.5. The Hall–Kier alpha value is -3.63. The maximum Gasteiger partial charge on any atom is 0.298 e. The highest BCUT2D eigenvalue weighted by Crippen LogP contribution is 2.32. The summed E-state index contributed by atoms with van der Waals surface area (Å²) in [6.45, 7) is 4.09. The lowest BCUT2D eigenvalue weighted by Gasteiger charge is -2.17. The van der Waals surface area contributed by atoms with E-state index in [1.807, 2.05) is 55.4 Å². The van der Waals surface area contributed by atoms with E-state index in [1.54, 1.807) is 0 Å². The van der Waals surface area contributed by atoms with Crippen LogP contribution in [0.4, 0.5) is 5.69 Å². The fourth-order valence-electron chi connectivity index (χ4n) is 3.00. The Bertz CT molecular complexity index is 946. The molecule has 1 atom stereocenters. The first-order valence-electron chi connectivity index (χ1n) is 9.97. The number of nitrogens with one attached hydrogen (secondary N) is 2. The second-order valence-corrected chi connectivity index (χ2v) is 7.23. The Morgan fingerprint density at radius 1 is 1.26 bits per heavy atom. The lowest BCUT2D eigenvalue weighted by molar-refractivity contribution is -0.123. The van der Waals surface area contributed by atoms with E-state index in [-0.39, 0.29) is 18.4 Å². The number of carbonyl (C=O) groups excluding carboxylic acids is 2. The van der Waals surface area contributed by atoms with Gasteiger partial charge < -0.3 is 20.3 Å². The zero-order chi connectivity index (χ0) is 22.6. The predicted octanol–water partition coefficient (Wildman–Crippen LogP) is 2.67. The van der Waals surface area contributed by atoms with Gasteiger partial charge in [0.15, 0.2) is 5.75 Å². The van der Waals surface area contributed by atoms with Crippen LogP contribution in [0, 0.1) is 24.2 Å². The summed E-state index contributed by atoms with van der Waals surface area (Å²) in [6.07, 6.45) is 3.78. The van der Waals surface area contributed by atoms with Crippen LogP contribution in [0.15, 0.2) is 54.6 Å². The maximum atomic E-state index is 11.2. The molecule has 1 aliphatic rings. The summed E-state index contributed by atoms with van der Waals surface area (Å²) in [5, 5.41) is 13.8. The van der Waals surface area contributed by atoms with E-state index in [2.05, 4.69) is 41.8 Å². The van der Waals surface area contributed by atoms with E-state index in [4.69, 9.17) is 10.00 Å². The summed E-state index contributed by atoms with van der Waals surface area (Å²) in [5.74, 6) is 0.364. The third-order valence-electron chi connectivity index (χ3n) is 4.67. The van der Waals surface area contributed by atoms with Crippen LogP contribution in [0.3, 0.4) is 0 Å². The third-order valence-corrected chi connectivity index (χ3v) is 4.67. The molecule has 2 N–H and O–H groups in total. The van der Waals surface area contributed by atoms with Gasteiger partial charge in [0.25, 0.3) is 6.47 Å². The van der Waals surface area contributed by atoms with Crippen molar-refractivity contribution in [1.29, 1.82) is 5.26 Å². The molecule has 2 aromatic carbocycles. The molecular weight excluding hydrogens is 392 g/mol. The molecule has 162 valence electrons. The first-order chi connectivity index (χ1) is 15.0. The maximum absolute atomic E-state index is 11.2. The molecule has 1 amide bonds. The van der Waals surface area contributed by atoms with Crippen molar-refractivity contribution >= 4 is 18.1 Å². The minimum absolute atomic E-state index is 0.0833. The Balaban J connectivity index is 0.000000245. The second kappa shape index (κ2) is 12.2. The van der Waals surface area contributed by atoms with Gasteiger partial charge in [-0.3, -0.25) is 9.59 Å². The van der Waals surface area contributed by atoms with Crippen LogP contribution in [0.2, 0.25) is 0 Å². The highest BCUT2D eigenvalue weighted by atomic mass is 16.5. The molecule has 31 heavy (non-hydrogen) atoms. The number of benzene rings is 2. The van der Waals surface area contributed by atoms with Crippen LogP contribution in [0.5, 0.6) is 5.75 Å². The lowest BCUT2D eigenvalue weighted by Crippen LogP contribution is -2.38. The molecule has 3 rings (SSSR count). The molecule has 2 aromatic rings. The lowest BCUT2D eigenvalue weighted by atomic mass is 10.0. The van der Waals surface area contributed by atoms with Crippen LogP contribution < -0.4 is 20.3 Å². The number of anilines is 1. The van der Waals surface area contributed by atoms with Crippen LogP contribution in [-0.2, 0) is 9.59 Å². The molecule has 0 aromatic heterocycles. The zero-order valence-electron chi connectivity index (χ0n) is 18.1. The largest absolute Gasteiger partial charge is 0.427 e. The van der Waals surface area contributed by atoms with Gasteiger partial charge in [0.05, 0.1) is 17.7 Å². The first-order valence-corrected chi connectivity index (χ1v) is 9.97. The molecule has 7 nitrogen and oxygen atoms in total. The minimum Gasteiger partial charge on any atom is -0.427 e. The number of hydrogen-bond donors (Lipinski definition) is 2. The molecule has 0 spiro atoms. The Morgan fingerprint density at radius 2 is 1.97 bits per heavy atom. The van der Waals surface area contributed by atoms with Gasteiger partial charge in [-0.15, -0.1) is 0 Å². The van der Waals surface area contributed by atoms with Gasteiger partial charge in [-0.2, -0.15) is 5.26 Å². The van der Waals surface area contributed by atoms with E-state index in [1.165, 1.54) is 5.56 Å².